The summed E-state index contributed by atoms with van der Waals surface area (Å²) in [7, 11) is 0. The second-order valence-electron chi connectivity index (χ2n) is 4.39. The fourth-order valence-electron chi connectivity index (χ4n) is 2.14. The highest BCUT2D eigenvalue weighted by atomic mass is 35.5. The van der Waals surface area contributed by atoms with Crippen molar-refractivity contribution in [2.75, 3.05) is 5.88 Å². The number of hydrogen-bond acceptors (Lipinski definition) is 3. The first-order valence-electron chi connectivity index (χ1n) is 5.79. The Labute approximate surface area is 110 Å². The Bertz CT molecular complexity index is 505. The van der Waals surface area contributed by atoms with Crippen LogP contribution in [0.2, 0.25) is 0 Å². The molecule has 1 heterocycles. The van der Waals surface area contributed by atoms with Crippen molar-refractivity contribution in [3.8, 4) is 0 Å². The molecule has 17 heavy (non-hydrogen) atoms. The fraction of sp³-hybridized carbons (Fsp3) is 0.385. The number of halogens is 1. The van der Waals surface area contributed by atoms with E-state index in [1.807, 2.05) is 0 Å². The number of hydrogen-bond donors (Lipinski definition) is 0. The van der Waals surface area contributed by atoms with E-state index in [0.717, 1.165) is 16.4 Å². The molecule has 0 radical (unpaired) electrons. The number of nitrogens with zero attached hydrogens (tertiary/aromatic N) is 2. The standard InChI is InChI=1S/C13H13ClN2S/c14-9-6-11-15-16-12(17-11)13(7-8-13)10-4-2-1-3-5-10/h1-5H,6-9H2. The molecule has 2 aromatic rings. The van der Waals surface area contributed by atoms with Gasteiger partial charge in [-0.3, -0.25) is 0 Å². The second kappa shape index (κ2) is 4.39. The summed E-state index contributed by atoms with van der Waals surface area (Å²) in [4.78, 5) is 0. The molecule has 0 aliphatic heterocycles. The quantitative estimate of drug-likeness (QED) is 0.791. The van der Waals surface area contributed by atoms with Gasteiger partial charge in [0.05, 0.1) is 0 Å². The summed E-state index contributed by atoms with van der Waals surface area (Å²) in [6.07, 6.45) is 3.20. The molecule has 1 fully saturated rings. The monoisotopic (exact) mass is 264 g/mol. The minimum absolute atomic E-state index is 0.156. The molecule has 0 unspecified atom stereocenters. The van der Waals surface area contributed by atoms with Crippen LogP contribution >= 0.6 is 22.9 Å². The highest BCUT2D eigenvalue weighted by molar-refractivity contribution is 7.11. The zero-order valence-electron chi connectivity index (χ0n) is 9.40. The molecule has 1 aliphatic rings. The van der Waals surface area contributed by atoms with Gasteiger partial charge in [0.25, 0.3) is 0 Å². The minimum atomic E-state index is 0.156. The van der Waals surface area contributed by atoms with E-state index in [2.05, 4.69) is 40.5 Å². The van der Waals surface area contributed by atoms with Gasteiger partial charge in [0.2, 0.25) is 0 Å². The topological polar surface area (TPSA) is 25.8 Å². The minimum Gasteiger partial charge on any atom is -0.143 e. The molecule has 0 atom stereocenters. The van der Waals surface area contributed by atoms with Crippen molar-refractivity contribution in [3.05, 3.63) is 45.9 Å². The van der Waals surface area contributed by atoms with E-state index in [-0.39, 0.29) is 5.41 Å². The van der Waals surface area contributed by atoms with Crippen molar-refractivity contribution >= 4 is 22.9 Å². The maximum absolute atomic E-state index is 5.73. The lowest BCUT2D eigenvalue weighted by Crippen LogP contribution is -2.07. The van der Waals surface area contributed by atoms with Crippen LogP contribution < -0.4 is 0 Å². The Morgan fingerprint density at radius 1 is 1.18 bits per heavy atom. The van der Waals surface area contributed by atoms with E-state index in [4.69, 9.17) is 11.6 Å². The SMILES string of the molecule is ClCCc1nnc(C2(c3ccccc3)CC2)s1. The van der Waals surface area contributed by atoms with Crippen LogP contribution in [0.1, 0.15) is 28.4 Å². The van der Waals surface area contributed by atoms with Crippen molar-refractivity contribution in [3.63, 3.8) is 0 Å². The third-order valence-corrected chi connectivity index (χ3v) is 4.64. The molecule has 1 aliphatic carbocycles. The van der Waals surface area contributed by atoms with Gasteiger partial charge in [-0.2, -0.15) is 0 Å². The molecule has 0 spiro atoms. The van der Waals surface area contributed by atoms with Crippen LogP contribution in [0.15, 0.2) is 30.3 Å². The number of alkyl halides is 1. The summed E-state index contributed by atoms with van der Waals surface area (Å²) < 4.78 is 0. The molecule has 0 amide bonds. The molecule has 1 saturated carbocycles. The Kier molecular flexibility index (Phi) is 2.89. The van der Waals surface area contributed by atoms with Crippen LogP contribution in [-0.2, 0) is 11.8 Å². The molecular weight excluding hydrogens is 252 g/mol. The fourth-order valence-corrected chi connectivity index (χ4v) is 3.54. The third kappa shape index (κ3) is 1.98. The van der Waals surface area contributed by atoms with E-state index < -0.39 is 0 Å². The molecule has 2 nitrogen and oxygen atoms in total. The van der Waals surface area contributed by atoms with Crippen molar-refractivity contribution < 1.29 is 0 Å². The van der Waals surface area contributed by atoms with Gasteiger partial charge < -0.3 is 0 Å². The third-order valence-electron chi connectivity index (χ3n) is 3.26. The average molecular weight is 265 g/mol. The van der Waals surface area contributed by atoms with Crippen LogP contribution in [0.25, 0.3) is 0 Å². The highest BCUT2D eigenvalue weighted by Crippen LogP contribution is 2.54. The summed E-state index contributed by atoms with van der Waals surface area (Å²) in [5, 5.41) is 10.8. The number of rotatable bonds is 4. The summed E-state index contributed by atoms with van der Waals surface area (Å²) in [5.41, 5.74) is 1.53. The lowest BCUT2D eigenvalue weighted by atomic mass is 9.97. The van der Waals surface area contributed by atoms with E-state index in [9.17, 15) is 0 Å². The first-order valence-corrected chi connectivity index (χ1v) is 7.15. The smallest absolute Gasteiger partial charge is 0.128 e. The van der Waals surface area contributed by atoms with Crippen molar-refractivity contribution in [2.24, 2.45) is 0 Å². The maximum atomic E-state index is 5.73. The van der Waals surface area contributed by atoms with Gasteiger partial charge in [0, 0.05) is 17.7 Å². The maximum Gasteiger partial charge on any atom is 0.128 e. The summed E-state index contributed by atoms with van der Waals surface area (Å²) in [6, 6.07) is 10.6. The summed E-state index contributed by atoms with van der Waals surface area (Å²) in [5.74, 6) is 0.618. The van der Waals surface area contributed by atoms with Crippen molar-refractivity contribution in [1.82, 2.24) is 10.2 Å². The molecular formula is C13H13ClN2S. The molecule has 3 rings (SSSR count). The summed E-state index contributed by atoms with van der Waals surface area (Å²) >= 11 is 7.45. The van der Waals surface area contributed by atoms with E-state index in [1.165, 1.54) is 18.4 Å². The normalized spacial score (nSPS) is 17.0. The second-order valence-corrected chi connectivity index (χ2v) is 5.83. The Hall–Kier alpha value is -0.930. The largest absolute Gasteiger partial charge is 0.143 e. The number of benzene rings is 1. The van der Waals surface area contributed by atoms with E-state index >= 15 is 0 Å². The zero-order chi connectivity index (χ0) is 11.7. The van der Waals surface area contributed by atoms with E-state index in [0.29, 0.717) is 5.88 Å². The van der Waals surface area contributed by atoms with Gasteiger partial charge in [-0.25, -0.2) is 0 Å². The van der Waals surface area contributed by atoms with Gasteiger partial charge in [-0.05, 0) is 18.4 Å². The van der Waals surface area contributed by atoms with Crippen LogP contribution in [0.4, 0.5) is 0 Å². The zero-order valence-corrected chi connectivity index (χ0v) is 11.0. The number of aromatic nitrogens is 2. The summed E-state index contributed by atoms with van der Waals surface area (Å²) in [6.45, 7) is 0. The Morgan fingerprint density at radius 2 is 1.94 bits per heavy atom. The molecule has 0 N–H and O–H groups in total. The van der Waals surface area contributed by atoms with Crippen LogP contribution in [0.5, 0.6) is 0 Å². The molecule has 1 aromatic heterocycles. The van der Waals surface area contributed by atoms with Gasteiger partial charge in [-0.15, -0.1) is 33.1 Å². The number of aryl methyl sites for hydroxylation is 1. The van der Waals surface area contributed by atoms with Crippen LogP contribution in [-0.4, -0.2) is 16.1 Å². The van der Waals surface area contributed by atoms with Gasteiger partial charge >= 0.3 is 0 Å². The lowest BCUT2D eigenvalue weighted by molar-refractivity contribution is 0.801. The highest BCUT2D eigenvalue weighted by Gasteiger charge is 2.48. The molecule has 1 aromatic carbocycles. The molecule has 0 saturated heterocycles. The predicted molar refractivity (Wildman–Crippen MR) is 70.8 cm³/mol. The Morgan fingerprint density at radius 3 is 2.59 bits per heavy atom. The first-order chi connectivity index (χ1) is 8.35. The van der Waals surface area contributed by atoms with E-state index in [1.54, 1.807) is 11.3 Å². The van der Waals surface area contributed by atoms with Crippen LogP contribution in [0, 0.1) is 0 Å². The predicted octanol–water partition coefficient (Wildman–Crippen LogP) is 3.40. The molecule has 88 valence electrons. The van der Waals surface area contributed by atoms with Gasteiger partial charge in [0.1, 0.15) is 10.0 Å². The average Bonchev–Trinajstić information content (AvgIpc) is 3.06. The van der Waals surface area contributed by atoms with Gasteiger partial charge in [0.15, 0.2) is 0 Å². The van der Waals surface area contributed by atoms with Crippen molar-refractivity contribution in [2.45, 2.75) is 24.7 Å². The van der Waals surface area contributed by atoms with Crippen LogP contribution in [0.3, 0.4) is 0 Å². The lowest BCUT2D eigenvalue weighted by Gasteiger charge is -2.10. The molecule has 4 heteroatoms. The van der Waals surface area contributed by atoms with Gasteiger partial charge in [-0.1, -0.05) is 30.3 Å². The first kappa shape index (κ1) is 11.2. The van der Waals surface area contributed by atoms with Crippen molar-refractivity contribution in [1.29, 1.82) is 0 Å². The molecule has 0 bridgehead atoms. The Balaban J connectivity index is 1.92.